The topological polar surface area (TPSA) is 0 Å². The predicted octanol–water partition coefficient (Wildman–Crippen LogP) is 3.72. The van der Waals surface area contributed by atoms with E-state index in [0.29, 0.717) is 5.92 Å². The second kappa shape index (κ2) is 5.96. The molecule has 0 saturated heterocycles. The summed E-state index contributed by atoms with van der Waals surface area (Å²) in [7, 11) is 0. The predicted molar refractivity (Wildman–Crippen MR) is 52.5 cm³/mol. The zero-order chi connectivity index (χ0) is 8.69. The van der Waals surface area contributed by atoms with Crippen LogP contribution >= 0.6 is 0 Å². The molecule has 0 aromatic carbocycles. The van der Waals surface area contributed by atoms with Gasteiger partial charge in [-0.25, -0.2) is 0 Å². The first kappa shape index (κ1) is 10.2. The maximum atomic E-state index is 3.78. The molecule has 0 aliphatic carbocycles. The minimum Gasteiger partial charge on any atom is -0.0988 e. The van der Waals surface area contributed by atoms with E-state index in [1.165, 1.54) is 12.0 Å². The lowest BCUT2D eigenvalue weighted by Gasteiger charge is -2.07. The van der Waals surface area contributed by atoms with Gasteiger partial charge >= 0.3 is 0 Å². The van der Waals surface area contributed by atoms with Gasteiger partial charge < -0.3 is 0 Å². The van der Waals surface area contributed by atoms with Gasteiger partial charge in [-0.2, -0.15) is 0 Å². The van der Waals surface area contributed by atoms with Crippen molar-refractivity contribution >= 4 is 0 Å². The lowest BCUT2D eigenvalue weighted by Crippen LogP contribution is -1.93. The van der Waals surface area contributed by atoms with Gasteiger partial charge in [0.15, 0.2) is 0 Å². The normalized spacial score (nSPS) is 15.4. The fourth-order valence-corrected chi connectivity index (χ4v) is 0.877. The molecule has 0 saturated carbocycles. The summed E-state index contributed by atoms with van der Waals surface area (Å²) in [5.41, 5.74) is 1.32. The molecular formula is C11H18. The van der Waals surface area contributed by atoms with Crippen molar-refractivity contribution in [1.29, 1.82) is 0 Å². The van der Waals surface area contributed by atoms with E-state index in [-0.39, 0.29) is 0 Å². The number of hydrogen-bond donors (Lipinski definition) is 0. The zero-order valence-electron chi connectivity index (χ0n) is 7.80. The minimum absolute atomic E-state index is 0.628. The van der Waals surface area contributed by atoms with Crippen LogP contribution in [0.3, 0.4) is 0 Å². The minimum atomic E-state index is 0.628. The van der Waals surface area contributed by atoms with Crippen molar-refractivity contribution in [3.8, 4) is 0 Å². The Morgan fingerprint density at radius 2 is 2.18 bits per heavy atom. The average Bonchev–Trinajstić information content (AvgIpc) is 2.05. The Morgan fingerprint density at radius 1 is 1.55 bits per heavy atom. The van der Waals surface area contributed by atoms with Crippen LogP contribution in [-0.2, 0) is 0 Å². The molecule has 11 heavy (non-hydrogen) atoms. The van der Waals surface area contributed by atoms with E-state index in [1.54, 1.807) is 0 Å². The van der Waals surface area contributed by atoms with E-state index in [2.05, 4.69) is 32.6 Å². The summed E-state index contributed by atoms with van der Waals surface area (Å²) in [5, 5.41) is 0. The molecular weight excluding hydrogens is 132 g/mol. The molecule has 0 heteroatoms. The first-order valence-electron chi connectivity index (χ1n) is 4.21. The summed E-state index contributed by atoms with van der Waals surface area (Å²) in [6.45, 7) is 10.2. The summed E-state index contributed by atoms with van der Waals surface area (Å²) in [4.78, 5) is 0. The Kier molecular flexibility index (Phi) is 5.54. The van der Waals surface area contributed by atoms with E-state index in [0.717, 1.165) is 0 Å². The van der Waals surface area contributed by atoms with Gasteiger partial charge in [0, 0.05) is 0 Å². The summed E-state index contributed by atoms with van der Waals surface area (Å²) in [6.07, 6.45) is 9.33. The summed E-state index contributed by atoms with van der Waals surface area (Å²) in [5.74, 6) is 0.628. The van der Waals surface area contributed by atoms with Gasteiger partial charge in [-0.05, 0) is 24.8 Å². The third kappa shape index (κ3) is 3.82. The van der Waals surface area contributed by atoms with Crippen molar-refractivity contribution in [3.63, 3.8) is 0 Å². The molecule has 0 N–H and O–H groups in total. The van der Waals surface area contributed by atoms with E-state index in [1.807, 2.05) is 19.1 Å². The molecule has 0 aromatic rings. The maximum absolute atomic E-state index is 3.78. The lowest BCUT2D eigenvalue weighted by molar-refractivity contribution is 0.671. The third-order valence-corrected chi connectivity index (χ3v) is 1.90. The molecule has 0 rings (SSSR count). The van der Waals surface area contributed by atoms with E-state index >= 15 is 0 Å². The highest BCUT2D eigenvalue weighted by molar-refractivity contribution is 5.23. The van der Waals surface area contributed by atoms with Crippen molar-refractivity contribution in [3.05, 3.63) is 36.5 Å². The van der Waals surface area contributed by atoms with Crippen LogP contribution in [0.2, 0.25) is 0 Å². The van der Waals surface area contributed by atoms with E-state index in [9.17, 15) is 0 Å². The fourth-order valence-electron chi connectivity index (χ4n) is 0.877. The van der Waals surface area contributed by atoms with Gasteiger partial charge in [-0.15, -0.1) is 0 Å². The van der Waals surface area contributed by atoms with Gasteiger partial charge in [0.05, 0.1) is 0 Å². The zero-order valence-corrected chi connectivity index (χ0v) is 7.80. The van der Waals surface area contributed by atoms with Gasteiger partial charge in [0.2, 0.25) is 0 Å². The van der Waals surface area contributed by atoms with Crippen LogP contribution in [0.4, 0.5) is 0 Å². The molecule has 0 heterocycles. The van der Waals surface area contributed by atoms with E-state index in [4.69, 9.17) is 0 Å². The molecule has 0 aliphatic heterocycles. The molecule has 0 amide bonds. The molecule has 0 fully saturated rings. The largest absolute Gasteiger partial charge is 0.0988 e. The molecule has 1 atom stereocenters. The van der Waals surface area contributed by atoms with Crippen LogP contribution in [-0.4, -0.2) is 0 Å². The third-order valence-electron chi connectivity index (χ3n) is 1.90. The van der Waals surface area contributed by atoms with Crippen LogP contribution in [0, 0.1) is 5.92 Å². The van der Waals surface area contributed by atoms with Gasteiger partial charge in [-0.3, -0.25) is 0 Å². The summed E-state index contributed by atoms with van der Waals surface area (Å²) < 4.78 is 0. The van der Waals surface area contributed by atoms with Crippen LogP contribution < -0.4 is 0 Å². The SMILES string of the molecule is C=C/C(=C\C=C/C)C(C)CC. The molecule has 0 aliphatic rings. The second-order valence-electron chi connectivity index (χ2n) is 2.71. The molecule has 1 unspecified atom stereocenters. The Bertz CT molecular complexity index is 161. The first-order chi connectivity index (χ1) is 5.26. The lowest BCUT2D eigenvalue weighted by atomic mass is 9.98. The second-order valence-corrected chi connectivity index (χ2v) is 2.71. The molecule has 0 spiro atoms. The Hall–Kier alpha value is -0.780. The van der Waals surface area contributed by atoms with Gasteiger partial charge in [0.1, 0.15) is 0 Å². The molecule has 62 valence electrons. The Balaban J connectivity index is 4.25. The average molecular weight is 150 g/mol. The Morgan fingerprint density at radius 3 is 2.55 bits per heavy atom. The first-order valence-corrected chi connectivity index (χ1v) is 4.21. The summed E-state index contributed by atoms with van der Waals surface area (Å²) in [6, 6.07) is 0. The van der Waals surface area contributed by atoms with Crippen LogP contribution in [0.25, 0.3) is 0 Å². The van der Waals surface area contributed by atoms with Crippen LogP contribution in [0.1, 0.15) is 27.2 Å². The quantitative estimate of drug-likeness (QED) is 0.536. The fraction of sp³-hybridized carbons (Fsp3) is 0.455. The molecule has 0 aromatic heterocycles. The van der Waals surface area contributed by atoms with Crippen LogP contribution in [0.15, 0.2) is 36.5 Å². The van der Waals surface area contributed by atoms with E-state index < -0.39 is 0 Å². The summed E-state index contributed by atoms with van der Waals surface area (Å²) >= 11 is 0. The maximum Gasteiger partial charge on any atom is -0.0193 e. The number of allylic oxidation sites excluding steroid dienone is 5. The van der Waals surface area contributed by atoms with Crippen molar-refractivity contribution in [2.45, 2.75) is 27.2 Å². The standard InChI is InChI=1S/C11H18/c1-5-8-9-11(7-3)10(4)6-2/h5,7-10H,3,6H2,1-2,4H3/b8-5-,11-9+. The molecule has 0 bridgehead atoms. The highest BCUT2D eigenvalue weighted by Gasteiger charge is 1.99. The highest BCUT2D eigenvalue weighted by Crippen LogP contribution is 2.14. The molecule has 0 nitrogen and oxygen atoms in total. The van der Waals surface area contributed by atoms with Gasteiger partial charge in [-0.1, -0.05) is 44.7 Å². The van der Waals surface area contributed by atoms with Crippen molar-refractivity contribution < 1.29 is 0 Å². The van der Waals surface area contributed by atoms with Crippen molar-refractivity contribution in [1.82, 2.24) is 0 Å². The molecule has 0 radical (unpaired) electrons. The monoisotopic (exact) mass is 150 g/mol. The number of rotatable bonds is 4. The highest BCUT2D eigenvalue weighted by atomic mass is 14.0. The van der Waals surface area contributed by atoms with Crippen molar-refractivity contribution in [2.24, 2.45) is 5.92 Å². The van der Waals surface area contributed by atoms with Gasteiger partial charge in [0.25, 0.3) is 0 Å². The smallest absolute Gasteiger partial charge is 0.0193 e. The van der Waals surface area contributed by atoms with Crippen LogP contribution in [0.5, 0.6) is 0 Å². The Labute approximate surface area is 70.3 Å². The number of hydrogen-bond acceptors (Lipinski definition) is 0. The van der Waals surface area contributed by atoms with Crippen molar-refractivity contribution in [2.75, 3.05) is 0 Å².